The van der Waals surface area contributed by atoms with Crippen LogP contribution < -0.4 is 5.43 Å². The van der Waals surface area contributed by atoms with Crippen molar-refractivity contribution in [3.63, 3.8) is 0 Å². The van der Waals surface area contributed by atoms with Crippen LogP contribution in [0.15, 0.2) is 17.2 Å². The third kappa shape index (κ3) is 4.20. The average Bonchev–Trinajstić information content (AvgIpc) is 2.20. The lowest BCUT2D eigenvalue weighted by Crippen LogP contribution is -1.92. The number of nitrogens with zero attached hydrogens (tertiary/aromatic N) is 1. The first-order valence-electron chi connectivity index (χ1n) is 5.07. The van der Waals surface area contributed by atoms with Gasteiger partial charge < -0.3 is 0 Å². The summed E-state index contributed by atoms with van der Waals surface area (Å²) in [7, 11) is 0. The number of halogens is 3. The standard InChI is InChI=1S/C11H13Cl3N2/c1-2-3-4-5-15-16-11-9(13)6-8(12)7-10(11)14/h5-7,16H,2-4H2,1H3/b15-5+. The monoisotopic (exact) mass is 278 g/mol. The fourth-order valence-electron chi connectivity index (χ4n) is 1.12. The van der Waals surface area contributed by atoms with Crippen LogP contribution in [0, 0.1) is 0 Å². The van der Waals surface area contributed by atoms with Crippen molar-refractivity contribution < 1.29 is 0 Å². The van der Waals surface area contributed by atoms with Gasteiger partial charge in [0.15, 0.2) is 0 Å². The van der Waals surface area contributed by atoms with E-state index in [1.54, 1.807) is 12.1 Å². The first kappa shape index (κ1) is 13.6. The second kappa shape index (κ2) is 7.00. The Balaban J connectivity index is 2.63. The predicted octanol–water partition coefficient (Wildman–Crippen LogP) is 5.23. The Kier molecular flexibility index (Phi) is 5.96. The molecule has 1 rings (SSSR count). The molecule has 1 N–H and O–H groups in total. The molecule has 0 saturated heterocycles. The lowest BCUT2D eigenvalue weighted by molar-refractivity contribution is 0.842. The molecular formula is C11H13Cl3N2. The zero-order chi connectivity index (χ0) is 12.0. The van der Waals surface area contributed by atoms with Crippen molar-refractivity contribution in [2.24, 2.45) is 5.10 Å². The Morgan fingerprint density at radius 3 is 2.44 bits per heavy atom. The van der Waals surface area contributed by atoms with Crippen LogP contribution in [-0.2, 0) is 0 Å². The molecule has 0 fully saturated rings. The van der Waals surface area contributed by atoms with Crippen molar-refractivity contribution in [3.05, 3.63) is 27.2 Å². The van der Waals surface area contributed by atoms with Crippen LogP contribution in [-0.4, -0.2) is 6.21 Å². The largest absolute Gasteiger partial charge is 0.276 e. The van der Waals surface area contributed by atoms with Crippen LogP contribution in [0.3, 0.4) is 0 Å². The summed E-state index contributed by atoms with van der Waals surface area (Å²) < 4.78 is 0. The lowest BCUT2D eigenvalue weighted by Gasteiger charge is -2.06. The van der Waals surface area contributed by atoms with Crippen LogP contribution in [0.4, 0.5) is 5.69 Å². The molecule has 0 bridgehead atoms. The summed E-state index contributed by atoms with van der Waals surface area (Å²) in [5.74, 6) is 0. The van der Waals surface area contributed by atoms with Crippen molar-refractivity contribution in [1.29, 1.82) is 0 Å². The lowest BCUT2D eigenvalue weighted by atomic mass is 10.3. The van der Waals surface area contributed by atoms with Crippen LogP contribution in [0.1, 0.15) is 26.2 Å². The maximum atomic E-state index is 5.97. The van der Waals surface area contributed by atoms with Gasteiger partial charge in [-0.05, 0) is 25.0 Å². The SMILES string of the molecule is CCCC/C=N/Nc1c(Cl)cc(Cl)cc1Cl. The van der Waals surface area contributed by atoms with Gasteiger partial charge in [-0.2, -0.15) is 5.10 Å². The molecule has 16 heavy (non-hydrogen) atoms. The molecule has 0 spiro atoms. The van der Waals surface area contributed by atoms with Gasteiger partial charge in [0.2, 0.25) is 0 Å². The summed E-state index contributed by atoms with van der Waals surface area (Å²) in [6.45, 7) is 2.13. The molecule has 0 aromatic heterocycles. The number of hydrogen-bond acceptors (Lipinski definition) is 2. The van der Waals surface area contributed by atoms with E-state index in [1.807, 2.05) is 6.21 Å². The van der Waals surface area contributed by atoms with E-state index in [1.165, 1.54) is 0 Å². The second-order valence-electron chi connectivity index (χ2n) is 3.31. The summed E-state index contributed by atoms with van der Waals surface area (Å²) in [6, 6.07) is 3.25. The van der Waals surface area contributed by atoms with Gasteiger partial charge in [0.25, 0.3) is 0 Å². The maximum Gasteiger partial charge on any atom is 0.0935 e. The Morgan fingerprint density at radius 1 is 1.25 bits per heavy atom. The summed E-state index contributed by atoms with van der Waals surface area (Å²) >= 11 is 17.7. The summed E-state index contributed by atoms with van der Waals surface area (Å²) in [4.78, 5) is 0. The Labute approximate surface area is 111 Å². The summed E-state index contributed by atoms with van der Waals surface area (Å²) in [6.07, 6.45) is 5.01. The topological polar surface area (TPSA) is 24.4 Å². The third-order valence-corrected chi connectivity index (χ3v) is 2.78. The molecule has 0 radical (unpaired) electrons. The normalized spacial score (nSPS) is 11.0. The van der Waals surface area contributed by atoms with Crippen molar-refractivity contribution in [3.8, 4) is 0 Å². The van der Waals surface area contributed by atoms with E-state index in [0.717, 1.165) is 19.3 Å². The molecule has 0 aliphatic heterocycles. The van der Waals surface area contributed by atoms with Gasteiger partial charge in [-0.25, -0.2) is 0 Å². The smallest absolute Gasteiger partial charge is 0.0935 e. The number of rotatable bonds is 5. The zero-order valence-corrected chi connectivity index (χ0v) is 11.2. The van der Waals surface area contributed by atoms with Gasteiger partial charge in [0, 0.05) is 11.2 Å². The van der Waals surface area contributed by atoms with E-state index >= 15 is 0 Å². The highest BCUT2D eigenvalue weighted by molar-refractivity contribution is 6.41. The Bertz CT molecular complexity index is 354. The minimum atomic E-state index is 0.463. The van der Waals surface area contributed by atoms with Gasteiger partial charge in [0.05, 0.1) is 15.7 Å². The summed E-state index contributed by atoms with van der Waals surface area (Å²) in [5, 5.41) is 5.48. The molecule has 0 amide bonds. The van der Waals surface area contributed by atoms with E-state index in [2.05, 4.69) is 17.5 Å². The highest BCUT2D eigenvalue weighted by atomic mass is 35.5. The molecule has 88 valence electrons. The summed E-state index contributed by atoms with van der Waals surface area (Å²) in [5.41, 5.74) is 3.40. The molecule has 1 aromatic carbocycles. The van der Waals surface area contributed by atoms with Gasteiger partial charge in [0.1, 0.15) is 0 Å². The molecule has 0 heterocycles. The van der Waals surface area contributed by atoms with Gasteiger partial charge in [-0.3, -0.25) is 5.43 Å². The third-order valence-electron chi connectivity index (χ3n) is 1.96. The van der Waals surface area contributed by atoms with E-state index in [4.69, 9.17) is 34.8 Å². The zero-order valence-electron chi connectivity index (χ0n) is 8.93. The molecule has 0 saturated carbocycles. The molecule has 1 aromatic rings. The molecule has 0 aliphatic rings. The van der Waals surface area contributed by atoms with Crippen LogP contribution in [0.2, 0.25) is 15.1 Å². The second-order valence-corrected chi connectivity index (χ2v) is 4.56. The number of hydrogen-bond donors (Lipinski definition) is 1. The first-order valence-corrected chi connectivity index (χ1v) is 6.20. The number of anilines is 1. The van der Waals surface area contributed by atoms with Crippen molar-refractivity contribution >= 4 is 46.7 Å². The van der Waals surface area contributed by atoms with Crippen LogP contribution >= 0.6 is 34.8 Å². The highest BCUT2D eigenvalue weighted by Gasteiger charge is 2.06. The fourth-order valence-corrected chi connectivity index (χ4v) is 2.02. The number of nitrogens with one attached hydrogen (secondary N) is 1. The van der Waals surface area contributed by atoms with E-state index < -0.39 is 0 Å². The van der Waals surface area contributed by atoms with Crippen LogP contribution in [0.25, 0.3) is 0 Å². The molecule has 0 atom stereocenters. The quantitative estimate of drug-likeness (QED) is 0.445. The first-order chi connectivity index (χ1) is 7.65. The Hall–Kier alpha value is -0.440. The predicted molar refractivity (Wildman–Crippen MR) is 73.1 cm³/mol. The number of benzene rings is 1. The minimum Gasteiger partial charge on any atom is -0.276 e. The minimum absolute atomic E-state index is 0.463. The van der Waals surface area contributed by atoms with Gasteiger partial charge >= 0.3 is 0 Å². The molecule has 2 nitrogen and oxygen atoms in total. The van der Waals surface area contributed by atoms with E-state index in [9.17, 15) is 0 Å². The average molecular weight is 280 g/mol. The van der Waals surface area contributed by atoms with E-state index in [-0.39, 0.29) is 0 Å². The molecule has 0 aliphatic carbocycles. The fraction of sp³-hybridized carbons (Fsp3) is 0.364. The number of hydrazone groups is 1. The van der Waals surface area contributed by atoms with Gasteiger partial charge in [-0.15, -0.1) is 0 Å². The number of unbranched alkanes of at least 4 members (excludes halogenated alkanes) is 2. The Morgan fingerprint density at radius 2 is 1.88 bits per heavy atom. The van der Waals surface area contributed by atoms with Crippen molar-refractivity contribution in [2.45, 2.75) is 26.2 Å². The maximum absolute atomic E-state index is 5.97. The highest BCUT2D eigenvalue weighted by Crippen LogP contribution is 2.33. The van der Waals surface area contributed by atoms with Crippen molar-refractivity contribution in [2.75, 3.05) is 5.43 Å². The molecular weight excluding hydrogens is 266 g/mol. The molecule has 5 heteroatoms. The molecule has 0 unspecified atom stereocenters. The van der Waals surface area contributed by atoms with E-state index in [0.29, 0.717) is 20.8 Å². The van der Waals surface area contributed by atoms with Crippen LogP contribution in [0.5, 0.6) is 0 Å². The van der Waals surface area contributed by atoms with Crippen molar-refractivity contribution in [1.82, 2.24) is 0 Å². The van der Waals surface area contributed by atoms with Gasteiger partial charge in [-0.1, -0.05) is 48.1 Å².